The van der Waals surface area contributed by atoms with Gasteiger partial charge in [-0.15, -0.1) is 0 Å². The smallest absolute Gasteiger partial charge is 0.404 e. The average molecular weight is 153 g/mol. The summed E-state index contributed by atoms with van der Waals surface area (Å²) in [5, 5.41) is 0. The molecule has 0 aromatic rings. The minimum absolute atomic E-state index is 0.0880. The summed E-state index contributed by atoms with van der Waals surface area (Å²) in [4.78, 5) is 9.98. The molecule has 0 unspecified atom stereocenters. The van der Waals surface area contributed by atoms with Crippen molar-refractivity contribution >= 4 is 28.8 Å². The summed E-state index contributed by atoms with van der Waals surface area (Å²) in [5.74, 6) is 1.80. The van der Waals surface area contributed by atoms with E-state index in [0.29, 0.717) is 0 Å². The molecule has 8 heavy (non-hydrogen) atoms. The monoisotopic (exact) mass is 152 g/mol. The maximum absolute atomic E-state index is 9.98. The van der Waals surface area contributed by atoms with Crippen molar-refractivity contribution in [1.29, 1.82) is 0 Å². The van der Waals surface area contributed by atoms with Crippen LogP contribution in [0.1, 0.15) is 0 Å². The van der Waals surface area contributed by atoms with Gasteiger partial charge in [0, 0.05) is 23.1 Å². The zero-order chi connectivity index (χ0) is 5.98. The summed E-state index contributed by atoms with van der Waals surface area (Å²) >= 11 is 6.67. The second kappa shape index (κ2) is 2.60. The molecule has 0 amide bonds. The number of ether oxygens (including phenoxy) is 1. The summed E-state index contributed by atoms with van der Waals surface area (Å²) in [6.07, 6.45) is 0.0880. The van der Waals surface area contributed by atoms with Crippen LogP contribution in [-0.2, 0) is 4.74 Å². The molecule has 1 heterocycles. The Morgan fingerprint density at radius 1 is 1.75 bits per heavy atom. The fourth-order valence-corrected chi connectivity index (χ4v) is 1.10. The van der Waals surface area contributed by atoms with Crippen LogP contribution in [0.25, 0.3) is 0 Å². The Hall–Kier alpha value is 0.110. The van der Waals surface area contributed by atoms with Gasteiger partial charge in [0.15, 0.2) is 0 Å². The number of carbonyl (C=O) groups is 1. The minimum atomic E-state index is -0.685. The van der Waals surface area contributed by atoms with Crippen molar-refractivity contribution in [2.24, 2.45) is 0 Å². The topological polar surface area (TPSA) is 26.3 Å². The lowest BCUT2D eigenvalue weighted by Gasteiger charge is -2.22. The van der Waals surface area contributed by atoms with Gasteiger partial charge in [0.25, 0.3) is 0 Å². The summed E-state index contributed by atoms with van der Waals surface area (Å²) < 4.78 is 4.59. The summed E-state index contributed by atoms with van der Waals surface area (Å²) in [7, 11) is 0. The normalized spacial score (nSPS) is 19.6. The highest BCUT2D eigenvalue weighted by Crippen LogP contribution is 2.21. The van der Waals surface area contributed by atoms with Crippen molar-refractivity contribution in [2.75, 3.05) is 11.5 Å². The van der Waals surface area contributed by atoms with E-state index < -0.39 is 5.43 Å². The third-order valence-electron chi connectivity index (χ3n) is 0.867. The van der Waals surface area contributed by atoms with E-state index in [0.717, 1.165) is 11.5 Å². The van der Waals surface area contributed by atoms with Crippen LogP contribution in [0.3, 0.4) is 0 Å². The van der Waals surface area contributed by atoms with Crippen molar-refractivity contribution in [1.82, 2.24) is 0 Å². The molecule has 4 heteroatoms. The Morgan fingerprint density at radius 3 is 2.50 bits per heavy atom. The molecule has 1 aliphatic heterocycles. The molecule has 0 aromatic carbocycles. The van der Waals surface area contributed by atoms with Crippen LogP contribution in [-0.4, -0.2) is 23.0 Å². The molecule has 0 saturated carbocycles. The van der Waals surface area contributed by atoms with Crippen LogP contribution in [0.2, 0.25) is 0 Å². The maximum atomic E-state index is 9.98. The van der Waals surface area contributed by atoms with Gasteiger partial charge >= 0.3 is 5.43 Å². The van der Waals surface area contributed by atoms with Gasteiger partial charge in [-0.2, -0.15) is 11.8 Å². The molecule has 1 rings (SSSR count). The second-order valence-corrected chi connectivity index (χ2v) is 2.90. The zero-order valence-corrected chi connectivity index (χ0v) is 5.67. The molecule has 0 atom stereocenters. The Bertz CT molecular complexity index is 102. The van der Waals surface area contributed by atoms with Crippen molar-refractivity contribution < 1.29 is 9.53 Å². The Balaban J connectivity index is 2.09. The fraction of sp³-hybridized carbons (Fsp3) is 0.750. The van der Waals surface area contributed by atoms with Crippen molar-refractivity contribution in [3.8, 4) is 0 Å². The molecule has 1 aliphatic rings. The number of rotatable bonds is 1. The first-order valence-electron chi connectivity index (χ1n) is 2.23. The van der Waals surface area contributed by atoms with Gasteiger partial charge < -0.3 is 4.74 Å². The standard InChI is InChI=1S/C4H5ClO2S/c5-4(6)7-3-1-8-2-3/h3H,1-2H2. The van der Waals surface area contributed by atoms with Crippen LogP contribution in [0.4, 0.5) is 4.79 Å². The predicted octanol–water partition coefficient (Wildman–Crippen LogP) is 1.48. The van der Waals surface area contributed by atoms with E-state index >= 15 is 0 Å². The van der Waals surface area contributed by atoms with Crippen molar-refractivity contribution in [3.63, 3.8) is 0 Å². The van der Waals surface area contributed by atoms with Crippen LogP contribution >= 0.6 is 23.4 Å². The highest BCUT2D eigenvalue weighted by molar-refractivity contribution is 8.00. The summed E-state index contributed by atoms with van der Waals surface area (Å²) in [6, 6.07) is 0. The van der Waals surface area contributed by atoms with Crippen LogP contribution in [0.5, 0.6) is 0 Å². The van der Waals surface area contributed by atoms with Gasteiger partial charge in [-0.25, -0.2) is 4.79 Å². The second-order valence-electron chi connectivity index (χ2n) is 1.51. The molecule has 0 bridgehead atoms. The first-order valence-corrected chi connectivity index (χ1v) is 3.76. The van der Waals surface area contributed by atoms with E-state index in [9.17, 15) is 4.79 Å². The third kappa shape index (κ3) is 1.56. The minimum Gasteiger partial charge on any atom is -0.449 e. The average Bonchev–Trinajstić information content (AvgIpc) is 1.55. The lowest BCUT2D eigenvalue weighted by molar-refractivity contribution is 0.140. The van der Waals surface area contributed by atoms with E-state index in [-0.39, 0.29) is 6.10 Å². The molecule has 46 valence electrons. The summed E-state index contributed by atoms with van der Waals surface area (Å²) in [5.41, 5.74) is -0.685. The van der Waals surface area contributed by atoms with Gasteiger partial charge in [0.2, 0.25) is 0 Å². The van der Waals surface area contributed by atoms with Gasteiger partial charge in [0.1, 0.15) is 6.10 Å². The predicted molar refractivity (Wildman–Crippen MR) is 33.4 cm³/mol. The van der Waals surface area contributed by atoms with Crippen molar-refractivity contribution in [3.05, 3.63) is 0 Å². The molecule has 0 spiro atoms. The molecule has 0 aromatic heterocycles. The first-order chi connectivity index (χ1) is 3.79. The number of halogens is 1. The number of carbonyl (C=O) groups excluding carboxylic acids is 1. The van der Waals surface area contributed by atoms with Gasteiger partial charge in [-0.3, -0.25) is 0 Å². The Kier molecular flexibility index (Phi) is 2.02. The molecule has 2 nitrogen and oxygen atoms in total. The highest BCUT2D eigenvalue weighted by atomic mass is 35.5. The molecule has 1 saturated heterocycles. The largest absolute Gasteiger partial charge is 0.449 e. The summed E-state index contributed by atoms with van der Waals surface area (Å²) in [6.45, 7) is 0. The molecule has 0 N–H and O–H groups in total. The molecule has 0 aliphatic carbocycles. The quantitative estimate of drug-likeness (QED) is 0.533. The lowest BCUT2D eigenvalue weighted by Crippen LogP contribution is -2.28. The van der Waals surface area contributed by atoms with Crippen LogP contribution < -0.4 is 0 Å². The van der Waals surface area contributed by atoms with E-state index in [2.05, 4.69) is 4.74 Å². The van der Waals surface area contributed by atoms with Crippen LogP contribution in [0, 0.1) is 0 Å². The van der Waals surface area contributed by atoms with E-state index in [1.54, 1.807) is 11.8 Å². The SMILES string of the molecule is O=C(Cl)OC1CSC1. The third-order valence-corrected chi connectivity index (χ3v) is 2.17. The van der Waals surface area contributed by atoms with Crippen LogP contribution in [0.15, 0.2) is 0 Å². The number of hydrogen-bond donors (Lipinski definition) is 0. The zero-order valence-electron chi connectivity index (χ0n) is 4.09. The molecular formula is C4H5ClO2S. The number of thioether (sulfide) groups is 1. The van der Waals surface area contributed by atoms with E-state index in [1.165, 1.54) is 0 Å². The lowest BCUT2D eigenvalue weighted by atomic mass is 10.4. The fourth-order valence-electron chi connectivity index (χ4n) is 0.413. The maximum Gasteiger partial charge on any atom is 0.404 e. The number of hydrogen-bond acceptors (Lipinski definition) is 3. The molecule has 0 radical (unpaired) electrons. The molecule has 1 fully saturated rings. The first kappa shape index (κ1) is 6.23. The van der Waals surface area contributed by atoms with E-state index in [4.69, 9.17) is 11.6 Å². The van der Waals surface area contributed by atoms with Gasteiger partial charge in [-0.05, 0) is 0 Å². The Labute approximate surface area is 56.5 Å². The highest BCUT2D eigenvalue weighted by Gasteiger charge is 2.20. The van der Waals surface area contributed by atoms with Crippen molar-refractivity contribution in [2.45, 2.75) is 6.10 Å². The Morgan fingerprint density at radius 2 is 2.38 bits per heavy atom. The molecular weight excluding hydrogens is 148 g/mol. The van der Waals surface area contributed by atoms with Gasteiger partial charge in [-0.1, -0.05) is 0 Å². The van der Waals surface area contributed by atoms with Gasteiger partial charge in [0.05, 0.1) is 0 Å². The van der Waals surface area contributed by atoms with E-state index in [1.807, 2.05) is 0 Å².